The van der Waals surface area contributed by atoms with E-state index in [-0.39, 0.29) is 35.2 Å². The molecule has 0 aliphatic carbocycles. The molecule has 1 aromatic heterocycles. The Balaban J connectivity index is 1.41. The Hall–Kier alpha value is -3.01. The summed E-state index contributed by atoms with van der Waals surface area (Å²) >= 11 is 1.23. The van der Waals surface area contributed by atoms with Crippen LogP contribution in [0.4, 0.5) is 0 Å². The van der Waals surface area contributed by atoms with Crippen LogP contribution in [0.25, 0.3) is 10.9 Å². The number of ether oxygens (including phenoxy) is 2. The minimum Gasteiger partial charge on any atom is -0.376 e. The number of thioether (sulfide) groups is 1. The van der Waals surface area contributed by atoms with E-state index in [0.717, 1.165) is 32.3 Å². The second-order valence-electron chi connectivity index (χ2n) is 9.10. The van der Waals surface area contributed by atoms with Crippen molar-refractivity contribution in [3.05, 3.63) is 70.0 Å². The fourth-order valence-corrected chi connectivity index (χ4v) is 5.46. The first-order chi connectivity index (χ1) is 17.6. The first-order valence-electron chi connectivity index (χ1n) is 12.4. The zero-order valence-electron chi connectivity index (χ0n) is 20.0. The number of ketones is 1. The average Bonchev–Trinajstić information content (AvgIpc) is 3.62. The summed E-state index contributed by atoms with van der Waals surface area (Å²) in [6.45, 7) is 2.24. The highest BCUT2D eigenvalue weighted by Gasteiger charge is 2.22. The Morgan fingerprint density at radius 2 is 1.75 bits per heavy atom. The zero-order valence-corrected chi connectivity index (χ0v) is 20.8. The van der Waals surface area contributed by atoms with Gasteiger partial charge in [0.05, 0.1) is 35.4 Å². The number of carbonyl (C=O) groups excluding carboxylic acids is 2. The van der Waals surface area contributed by atoms with Gasteiger partial charge in [0.15, 0.2) is 10.9 Å². The van der Waals surface area contributed by atoms with Crippen molar-refractivity contribution < 1.29 is 19.1 Å². The van der Waals surface area contributed by atoms with Crippen molar-refractivity contribution in [3.63, 3.8) is 0 Å². The number of carbonyl (C=O) groups is 2. The van der Waals surface area contributed by atoms with Crippen LogP contribution in [0.1, 0.15) is 46.4 Å². The molecule has 2 saturated heterocycles. The molecule has 2 aromatic carbocycles. The van der Waals surface area contributed by atoms with Crippen molar-refractivity contribution in [2.24, 2.45) is 0 Å². The maximum absolute atomic E-state index is 13.5. The summed E-state index contributed by atoms with van der Waals surface area (Å²) in [5, 5.41) is 3.79. The molecule has 3 aromatic rings. The van der Waals surface area contributed by atoms with Gasteiger partial charge in [0.25, 0.3) is 11.5 Å². The van der Waals surface area contributed by atoms with Crippen molar-refractivity contribution in [1.29, 1.82) is 0 Å². The number of aromatic nitrogens is 2. The molecule has 36 heavy (non-hydrogen) atoms. The van der Waals surface area contributed by atoms with Gasteiger partial charge >= 0.3 is 0 Å². The van der Waals surface area contributed by atoms with Crippen molar-refractivity contribution in [2.45, 2.75) is 49.6 Å². The monoisotopic (exact) mass is 507 g/mol. The van der Waals surface area contributed by atoms with Gasteiger partial charge in [0.2, 0.25) is 0 Å². The molecule has 0 bridgehead atoms. The summed E-state index contributed by atoms with van der Waals surface area (Å²) in [5.74, 6) is -0.123. The topological polar surface area (TPSA) is 99.5 Å². The summed E-state index contributed by atoms with van der Waals surface area (Å²) in [5.41, 5.74) is 1.28. The van der Waals surface area contributed by atoms with E-state index in [2.05, 4.69) is 5.32 Å². The molecule has 9 heteroatoms. The van der Waals surface area contributed by atoms with Gasteiger partial charge in [-0.25, -0.2) is 4.98 Å². The number of fused-ring (bicyclic) bond motifs is 1. The SMILES string of the molecule is O=C(CSc1nc2cc(C(=O)NC[C@@H]3CCCO3)ccc2c(=O)n1C[C@H]1CCCO1)c1ccccc1. The van der Waals surface area contributed by atoms with Gasteiger partial charge in [0.1, 0.15) is 0 Å². The lowest BCUT2D eigenvalue weighted by atomic mass is 10.1. The highest BCUT2D eigenvalue weighted by atomic mass is 32.2. The van der Waals surface area contributed by atoms with Gasteiger partial charge in [-0.1, -0.05) is 42.1 Å². The number of amides is 1. The molecule has 0 saturated carbocycles. The van der Waals surface area contributed by atoms with E-state index in [9.17, 15) is 14.4 Å². The Morgan fingerprint density at radius 3 is 2.47 bits per heavy atom. The van der Waals surface area contributed by atoms with Crippen LogP contribution in [-0.2, 0) is 16.0 Å². The fraction of sp³-hybridized carbons (Fsp3) is 0.407. The van der Waals surface area contributed by atoms with E-state index in [1.165, 1.54) is 11.8 Å². The van der Waals surface area contributed by atoms with Gasteiger partial charge in [-0.2, -0.15) is 0 Å². The van der Waals surface area contributed by atoms with Crippen LogP contribution in [-0.4, -0.2) is 59.0 Å². The van der Waals surface area contributed by atoms with E-state index in [4.69, 9.17) is 14.5 Å². The van der Waals surface area contributed by atoms with Gasteiger partial charge in [-0.15, -0.1) is 0 Å². The van der Waals surface area contributed by atoms with E-state index in [1.54, 1.807) is 34.9 Å². The minimum absolute atomic E-state index is 0.0409. The molecule has 2 aliphatic heterocycles. The van der Waals surface area contributed by atoms with Crippen LogP contribution in [0.3, 0.4) is 0 Å². The summed E-state index contributed by atoms with van der Waals surface area (Å²) in [6.07, 6.45) is 3.76. The van der Waals surface area contributed by atoms with E-state index in [1.807, 2.05) is 18.2 Å². The third-order valence-electron chi connectivity index (χ3n) is 6.54. The third kappa shape index (κ3) is 5.69. The number of Topliss-reactive ketones (excluding diaryl/α,β-unsaturated/α-hetero) is 1. The summed E-state index contributed by atoms with van der Waals surface area (Å²) in [4.78, 5) is 43.7. The molecule has 1 N–H and O–H groups in total. The normalized spacial score (nSPS) is 19.6. The van der Waals surface area contributed by atoms with Crippen LogP contribution in [0.5, 0.6) is 0 Å². The minimum atomic E-state index is -0.230. The third-order valence-corrected chi connectivity index (χ3v) is 7.51. The lowest BCUT2D eigenvalue weighted by molar-refractivity contribution is 0.0857. The smallest absolute Gasteiger partial charge is 0.262 e. The van der Waals surface area contributed by atoms with Crippen LogP contribution < -0.4 is 10.9 Å². The van der Waals surface area contributed by atoms with E-state index < -0.39 is 0 Å². The quantitative estimate of drug-likeness (QED) is 0.269. The Labute approximate surface area is 213 Å². The summed E-state index contributed by atoms with van der Waals surface area (Å²) < 4.78 is 13.0. The van der Waals surface area contributed by atoms with Crippen LogP contribution in [0.2, 0.25) is 0 Å². The molecular formula is C27H29N3O5S. The van der Waals surface area contributed by atoms with E-state index in [0.29, 0.717) is 46.9 Å². The van der Waals surface area contributed by atoms with Crippen molar-refractivity contribution in [2.75, 3.05) is 25.5 Å². The van der Waals surface area contributed by atoms with Crippen molar-refractivity contribution >= 4 is 34.4 Å². The average molecular weight is 508 g/mol. The number of hydrogen-bond donors (Lipinski definition) is 1. The number of rotatable bonds is 9. The van der Waals surface area contributed by atoms with Crippen LogP contribution in [0, 0.1) is 0 Å². The first-order valence-corrected chi connectivity index (χ1v) is 13.3. The van der Waals surface area contributed by atoms with Gasteiger partial charge in [-0.05, 0) is 43.9 Å². The Kier molecular flexibility index (Phi) is 7.79. The molecule has 8 nitrogen and oxygen atoms in total. The predicted octanol–water partition coefficient (Wildman–Crippen LogP) is 3.46. The highest BCUT2D eigenvalue weighted by molar-refractivity contribution is 7.99. The second-order valence-corrected chi connectivity index (χ2v) is 10.0. The van der Waals surface area contributed by atoms with Crippen LogP contribution in [0.15, 0.2) is 58.5 Å². The second kappa shape index (κ2) is 11.4. The number of benzene rings is 2. The maximum atomic E-state index is 13.5. The molecule has 2 atom stereocenters. The number of hydrogen-bond acceptors (Lipinski definition) is 7. The summed E-state index contributed by atoms with van der Waals surface area (Å²) in [7, 11) is 0. The van der Waals surface area contributed by atoms with Gasteiger partial charge in [0, 0.05) is 30.9 Å². The molecule has 0 spiro atoms. The predicted molar refractivity (Wildman–Crippen MR) is 138 cm³/mol. The zero-order chi connectivity index (χ0) is 24.9. The van der Waals surface area contributed by atoms with Gasteiger partial charge in [-0.3, -0.25) is 19.0 Å². The molecule has 0 unspecified atom stereocenters. The van der Waals surface area contributed by atoms with E-state index >= 15 is 0 Å². The molecule has 2 fully saturated rings. The molecule has 2 aliphatic rings. The largest absolute Gasteiger partial charge is 0.376 e. The fourth-order valence-electron chi connectivity index (χ4n) is 4.56. The standard InChI is InChI=1S/C27H29N3O5S/c31-24(18-6-2-1-3-7-18)17-36-27-29-23-14-19(25(32)28-15-20-8-4-12-34-20)10-11-22(23)26(33)30(27)16-21-9-5-13-35-21/h1-3,6-7,10-11,14,20-21H,4-5,8-9,12-13,15-17H2,(H,28,32)/t20-,21+/m0/s1. The van der Waals surface area contributed by atoms with Crippen molar-refractivity contribution in [1.82, 2.24) is 14.9 Å². The van der Waals surface area contributed by atoms with Crippen LogP contribution >= 0.6 is 11.8 Å². The van der Waals surface area contributed by atoms with Crippen molar-refractivity contribution in [3.8, 4) is 0 Å². The lowest BCUT2D eigenvalue weighted by Gasteiger charge is -2.17. The number of nitrogens with zero attached hydrogens (tertiary/aromatic N) is 2. The molecule has 3 heterocycles. The summed E-state index contributed by atoms with van der Waals surface area (Å²) in [6, 6.07) is 14.0. The molecule has 5 rings (SSSR count). The molecule has 1 amide bonds. The first kappa shape index (κ1) is 24.7. The molecule has 188 valence electrons. The van der Waals surface area contributed by atoms with Gasteiger partial charge < -0.3 is 14.8 Å². The Bertz CT molecular complexity index is 1300. The maximum Gasteiger partial charge on any atom is 0.262 e. The molecular weight excluding hydrogens is 478 g/mol. The highest BCUT2D eigenvalue weighted by Crippen LogP contribution is 2.23. The Morgan fingerprint density at radius 1 is 1.00 bits per heavy atom. The molecule has 0 radical (unpaired) electrons. The lowest BCUT2D eigenvalue weighted by Crippen LogP contribution is -2.32. The number of nitrogens with one attached hydrogen (secondary N) is 1.